The van der Waals surface area contributed by atoms with E-state index in [2.05, 4.69) is 37.8 Å². The zero-order valence-corrected chi connectivity index (χ0v) is 10.1. The van der Waals surface area contributed by atoms with Crippen LogP contribution in [0.15, 0.2) is 12.7 Å². The van der Waals surface area contributed by atoms with Crippen LogP contribution < -0.4 is 11.1 Å². The van der Waals surface area contributed by atoms with Crippen molar-refractivity contribution >= 4 is 17.3 Å². The molecule has 3 nitrogen and oxygen atoms in total. The minimum Gasteiger partial charge on any atom is -0.376 e. The lowest BCUT2D eigenvalue weighted by Crippen LogP contribution is -2.35. The van der Waals surface area contributed by atoms with Crippen LogP contribution in [0.4, 0.5) is 0 Å². The maximum atomic E-state index is 5.34. The van der Waals surface area contributed by atoms with Crippen molar-refractivity contribution in [2.45, 2.75) is 19.4 Å². The van der Waals surface area contributed by atoms with Crippen molar-refractivity contribution in [2.24, 2.45) is 11.7 Å². The fourth-order valence-corrected chi connectivity index (χ4v) is 1.40. The first-order chi connectivity index (χ1) is 6.49. The summed E-state index contributed by atoms with van der Waals surface area (Å²) in [6.07, 6.45) is 2.99. The van der Waals surface area contributed by atoms with E-state index in [4.69, 9.17) is 18.0 Å². The van der Waals surface area contributed by atoms with Crippen LogP contribution in [0.1, 0.15) is 13.3 Å². The van der Waals surface area contributed by atoms with Gasteiger partial charge in [-0.2, -0.15) is 0 Å². The summed E-state index contributed by atoms with van der Waals surface area (Å²) < 4.78 is 0. The Morgan fingerprint density at radius 3 is 2.57 bits per heavy atom. The van der Waals surface area contributed by atoms with Crippen LogP contribution in [-0.2, 0) is 0 Å². The minimum absolute atomic E-state index is 0.366. The lowest BCUT2D eigenvalue weighted by molar-refractivity contribution is 0.249. The molecule has 3 N–H and O–H groups in total. The molecule has 14 heavy (non-hydrogen) atoms. The molecule has 0 aliphatic rings. The van der Waals surface area contributed by atoms with Gasteiger partial charge in [0.2, 0.25) is 0 Å². The van der Waals surface area contributed by atoms with Gasteiger partial charge in [0, 0.05) is 12.6 Å². The summed E-state index contributed by atoms with van der Waals surface area (Å²) in [6.45, 7) is 6.84. The van der Waals surface area contributed by atoms with Crippen LogP contribution in [0.3, 0.4) is 0 Å². The van der Waals surface area contributed by atoms with Crippen LogP contribution in [-0.4, -0.2) is 36.7 Å². The summed E-state index contributed by atoms with van der Waals surface area (Å²) in [5, 5.41) is 3.31. The highest BCUT2D eigenvalue weighted by atomic mass is 32.1. The summed E-state index contributed by atoms with van der Waals surface area (Å²) >= 11 is 4.73. The molecule has 0 fully saturated rings. The molecule has 0 aromatic rings. The number of nitrogens with one attached hydrogen (secondary N) is 1. The smallest absolute Gasteiger partial charge is 0.163 e. The molecule has 0 bridgehead atoms. The molecule has 4 heteroatoms. The molecule has 0 aromatic carbocycles. The lowest BCUT2D eigenvalue weighted by Gasteiger charge is -2.27. The largest absolute Gasteiger partial charge is 0.376 e. The van der Waals surface area contributed by atoms with E-state index in [-0.39, 0.29) is 0 Å². The molecular formula is C10H21N3S. The van der Waals surface area contributed by atoms with Crippen molar-refractivity contribution in [2.75, 3.05) is 20.6 Å². The second kappa shape index (κ2) is 6.79. The average molecular weight is 215 g/mol. The van der Waals surface area contributed by atoms with Crippen molar-refractivity contribution in [3.8, 4) is 0 Å². The highest BCUT2D eigenvalue weighted by Crippen LogP contribution is 2.13. The predicted molar refractivity (Wildman–Crippen MR) is 66.2 cm³/mol. The van der Waals surface area contributed by atoms with Gasteiger partial charge in [-0.1, -0.05) is 6.08 Å². The van der Waals surface area contributed by atoms with Crippen LogP contribution in [0, 0.1) is 5.92 Å². The Balaban J connectivity index is 3.90. The molecule has 0 aliphatic carbocycles. The summed E-state index contributed by atoms with van der Waals surface area (Å²) in [7, 11) is 4.14. The maximum absolute atomic E-state index is 5.34. The van der Waals surface area contributed by atoms with Gasteiger partial charge in [0.05, 0.1) is 0 Å². The third kappa shape index (κ3) is 5.19. The molecule has 0 saturated carbocycles. The van der Waals surface area contributed by atoms with E-state index < -0.39 is 0 Å². The van der Waals surface area contributed by atoms with Crippen molar-refractivity contribution in [1.82, 2.24) is 10.2 Å². The fraction of sp³-hybridized carbons (Fsp3) is 0.700. The third-order valence-electron chi connectivity index (χ3n) is 2.51. The number of hydrogen-bond acceptors (Lipinski definition) is 2. The molecule has 82 valence electrons. The van der Waals surface area contributed by atoms with E-state index in [9.17, 15) is 0 Å². The summed E-state index contributed by atoms with van der Waals surface area (Å²) in [5.74, 6) is 0.465. The molecule has 0 aliphatic heterocycles. The average Bonchev–Trinajstić information content (AvgIpc) is 2.10. The Labute approximate surface area is 92.3 Å². The fourth-order valence-electron chi connectivity index (χ4n) is 1.30. The molecule has 0 aromatic heterocycles. The van der Waals surface area contributed by atoms with Crippen molar-refractivity contribution in [3.63, 3.8) is 0 Å². The topological polar surface area (TPSA) is 41.3 Å². The van der Waals surface area contributed by atoms with E-state index in [1.165, 1.54) is 0 Å². The van der Waals surface area contributed by atoms with Crippen LogP contribution >= 0.6 is 12.2 Å². The van der Waals surface area contributed by atoms with Crippen molar-refractivity contribution < 1.29 is 0 Å². The molecule has 0 heterocycles. The van der Waals surface area contributed by atoms with E-state index in [0.29, 0.717) is 17.1 Å². The predicted octanol–water partition coefficient (Wildman–Crippen LogP) is 0.962. The molecule has 0 amide bonds. The van der Waals surface area contributed by atoms with Gasteiger partial charge in [0.1, 0.15) is 0 Å². The summed E-state index contributed by atoms with van der Waals surface area (Å²) in [4.78, 5) is 2.19. The van der Waals surface area contributed by atoms with Gasteiger partial charge >= 0.3 is 0 Å². The monoisotopic (exact) mass is 215 g/mol. The molecular weight excluding hydrogens is 194 g/mol. The van der Waals surface area contributed by atoms with Crippen LogP contribution in [0.5, 0.6) is 0 Å². The summed E-state index contributed by atoms with van der Waals surface area (Å²) in [6, 6.07) is 0.487. The Morgan fingerprint density at radius 2 is 2.21 bits per heavy atom. The number of thiocarbonyl (C=S) groups is 1. The Hall–Kier alpha value is -0.610. The van der Waals surface area contributed by atoms with E-state index >= 15 is 0 Å². The highest BCUT2D eigenvalue weighted by molar-refractivity contribution is 7.80. The van der Waals surface area contributed by atoms with E-state index in [1.807, 2.05) is 6.08 Å². The van der Waals surface area contributed by atoms with Crippen molar-refractivity contribution in [1.29, 1.82) is 0 Å². The number of nitrogens with zero attached hydrogens (tertiary/aromatic N) is 1. The van der Waals surface area contributed by atoms with Gasteiger partial charge in [0.15, 0.2) is 5.11 Å². The van der Waals surface area contributed by atoms with E-state index in [0.717, 1.165) is 13.0 Å². The highest BCUT2D eigenvalue weighted by Gasteiger charge is 2.15. The van der Waals surface area contributed by atoms with Crippen molar-refractivity contribution in [3.05, 3.63) is 12.7 Å². The van der Waals surface area contributed by atoms with Gasteiger partial charge in [-0.15, -0.1) is 6.58 Å². The molecule has 0 spiro atoms. The zero-order chi connectivity index (χ0) is 11.1. The molecule has 2 unspecified atom stereocenters. The second-order valence-corrected chi connectivity index (χ2v) is 4.12. The van der Waals surface area contributed by atoms with Gasteiger partial charge in [0.25, 0.3) is 0 Å². The number of nitrogens with two attached hydrogens (primary N) is 1. The first kappa shape index (κ1) is 13.4. The zero-order valence-electron chi connectivity index (χ0n) is 9.29. The normalized spacial score (nSPS) is 14.9. The van der Waals surface area contributed by atoms with Crippen LogP contribution in [0.25, 0.3) is 0 Å². The maximum Gasteiger partial charge on any atom is 0.163 e. The molecule has 0 saturated heterocycles. The molecule has 0 rings (SSSR count). The molecule has 2 atom stereocenters. The Kier molecular flexibility index (Phi) is 6.49. The first-order valence-corrected chi connectivity index (χ1v) is 5.22. The van der Waals surface area contributed by atoms with Crippen LogP contribution in [0.2, 0.25) is 0 Å². The van der Waals surface area contributed by atoms with E-state index in [1.54, 1.807) is 0 Å². The SMILES string of the molecule is C=CC(CCNC(N)=S)C(C)N(C)C. The first-order valence-electron chi connectivity index (χ1n) is 4.81. The standard InChI is InChI=1S/C10H21N3S/c1-5-9(8(2)13(3)4)6-7-12-10(11)14/h5,8-9H,1,6-7H2,2-4H3,(H3,11,12,14). The molecule has 0 radical (unpaired) electrons. The lowest BCUT2D eigenvalue weighted by atomic mass is 9.97. The summed E-state index contributed by atoms with van der Waals surface area (Å²) in [5.41, 5.74) is 5.34. The number of rotatable bonds is 6. The Morgan fingerprint density at radius 1 is 1.64 bits per heavy atom. The van der Waals surface area contributed by atoms with Gasteiger partial charge < -0.3 is 16.0 Å². The van der Waals surface area contributed by atoms with Gasteiger partial charge in [-0.25, -0.2) is 0 Å². The second-order valence-electron chi connectivity index (χ2n) is 3.68. The number of hydrogen-bond donors (Lipinski definition) is 2. The minimum atomic E-state index is 0.366. The van der Waals surface area contributed by atoms with Gasteiger partial charge in [-0.3, -0.25) is 0 Å². The van der Waals surface area contributed by atoms with Gasteiger partial charge in [-0.05, 0) is 45.6 Å². The third-order valence-corrected chi connectivity index (χ3v) is 2.66. The Bertz CT molecular complexity index is 192. The quantitative estimate of drug-likeness (QED) is 0.511.